The molecule has 1 heterocycles. The summed E-state index contributed by atoms with van der Waals surface area (Å²) in [6.45, 7) is 5.33. The van der Waals surface area contributed by atoms with Gasteiger partial charge in [0.1, 0.15) is 5.76 Å². The Balaban J connectivity index is 2.11. The fourth-order valence-electron chi connectivity index (χ4n) is 1.84. The number of ether oxygens (including phenoxy) is 2. The lowest BCUT2D eigenvalue weighted by Crippen LogP contribution is -2.34. The first-order valence-electron chi connectivity index (χ1n) is 6.50. The number of carbonyl (C=O) groups is 1. The van der Waals surface area contributed by atoms with Crippen molar-refractivity contribution in [1.82, 2.24) is 0 Å². The first-order chi connectivity index (χ1) is 9.46. The van der Waals surface area contributed by atoms with Gasteiger partial charge in [-0.2, -0.15) is 0 Å². The van der Waals surface area contributed by atoms with Crippen molar-refractivity contribution in [3.8, 4) is 0 Å². The Morgan fingerprint density at radius 1 is 1.15 bits per heavy atom. The summed E-state index contributed by atoms with van der Waals surface area (Å²) >= 11 is 0. The van der Waals surface area contributed by atoms with Crippen LogP contribution >= 0.6 is 0 Å². The molecule has 1 aromatic carbocycles. The predicted molar refractivity (Wildman–Crippen MR) is 78.6 cm³/mol. The van der Waals surface area contributed by atoms with Gasteiger partial charge in [0.15, 0.2) is 0 Å². The Labute approximate surface area is 119 Å². The number of cyclic esters (lactones) is 1. The third-order valence-corrected chi connectivity index (χ3v) is 2.77. The van der Waals surface area contributed by atoms with Crippen LogP contribution in [-0.2, 0) is 14.3 Å². The fraction of sp³-hybridized carbons (Fsp3) is 0.235. The molecule has 1 aliphatic heterocycles. The molecular formula is C17H18O3. The number of carbonyl (C=O) groups excluding carboxylic acids is 1. The van der Waals surface area contributed by atoms with Gasteiger partial charge in [-0.3, -0.25) is 0 Å². The Hall–Kier alpha value is -2.29. The van der Waals surface area contributed by atoms with E-state index in [2.05, 4.69) is 0 Å². The van der Waals surface area contributed by atoms with Gasteiger partial charge in [0.25, 0.3) is 0 Å². The van der Waals surface area contributed by atoms with Gasteiger partial charge in [0.2, 0.25) is 5.79 Å². The second-order valence-electron chi connectivity index (χ2n) is 5.05. The number of benzene rings is 1. The van der Waals surface area contributed by atoms with Gasteiger partial charge >= 0.3 is 5.97 Å². The van der Waals surface area contributed by atoms with E-state index < -0.39 is 5.79 Å². The van der Waals surface area contributed by atoms with Crippen LogP contribution in [0.1, 0.15) is 26.3 Å². The molecule has 2 rings (SSSR count). The van der Waals surface area contributed by atoms with Gasteiger partial charge in [-0.15, -0.1) is 0 Å². The first kappa shape index (κ1) is 14.1. The highest BCUT2D eigenvalue weighted by atomic mass is 16.7. The summed E-state index contributed by atoms with van der Waals surface area (Å²) in [4.78, 5) is 11.5. The van der Waals surface area contributed by atoms with E-state index in [0.717, 1.165) is 11.1 Å². The first-order valence-corrected chi connectivity index (χ1v) is 6.50. The standard InChI is InChI=1S/C17H18O3/c1-13(8-7-11-14-9-5-4-6-10-14)15-12-16(18)20-17(2,3)19-15/h4-12H,1-3H3/b11-7+,13-8+. The molecule has 0 bridgehead atoms. The summed E-state index contributed by atoms with van der Waals surface area (Å²) in [6, 6.07) is 10.0. The van der Waals surface area contributed by atoms with E-state index in [1.165, 1.54) is 6.08 Å². The monoisotopic (exact) mass is 270 g/mol. The van der Waals surface area contributed by atoms with Crippen molar-refractivity contribution < 1.29 is 14.3 Å². The van der Waals surface area contributed by atoms with E-state index in [9.17, 15) is 4.79 Å². The van der Waals surface area contributed by atoms with Crippen LogP contribution in [-0.4, -0.2) is 11.8 Å². The second-order valence-corrected chi connectivity index (χ2v) is 5.05. The zero-order valence-corrected chi connectivity index (χ0v) is 11.9. The lowest BCUT2D eigenvalue weighted by Gasteiger charge is -2.30. The minimum absolute atomic E-state index is 0.379. The number of rotatable bonds is 3. The molecule has 1 aromatic rings. The van der Waals surface area contributed by atoms with Crippen LogP contribution in [0.2, 0.25) is 0 Å². The maximum Gasteiger partial charge on any atom is 0.337 e. The molecule has 0 aliphatic carbocycles. The van der Waals surface area contributed by atoms with E-state index >= 15 is 0 Å². The summed E-state index contributed by atoms with van der Waals surface area (Å²) in [6.07, 6.45) is 7.21. The van der Waals surface area contributed by atoms with Gasteiger partial charge in [-0.25, -0.2) is 4.79 Å². The molecule has 0 saturated carbocycles. The predicted octanol–water partition coefficient (Wildman–Crippen LogP) is 3.84. The highest BCUT2D eigenvalue weighted by molar-refractivity contribution is 5.84. The van der Waals surface area contributed by atoms with Gasteiger partial charge in [0.05, 0.1) is 6.08 Å². The molecule has 0 atom stereocenters. The van der Waals surface area contributed by atoms with Crippen LogP contribution in [0.15, 0.2) is 59.9 Å². The minimum atomic E-state index is -0.917. The maximum absolute atomic E-state index is 11.5. The molecule has 0 N–H and O–H groups in total. The van der Waals surface area contributed by atoms with E-state index in [-0.39, 0.29) is 5.97 Å². The molecule has 3 nitrogen and oxygen atoms in total. The maximum atomic E-state index is 11.5. The molecule has 1 aliphatic rings. The van der Waals surface area contributed by atoms with Crippen LogP contribution in [0, 0.1) is 0 Å². The Morgan fingerprint density at radius 2 is 1.85 bits per heavy atom. The summed E-state index contributed by atoms with van der Waals surface area (Å²) in [5.74, 6) is -0.751. The van der Waals surface area contributed by atoms with Crippen LogP contribution in [0.4, 0.5) is 0 Å². The smallest absolute Gasteiger partial charge is 0.337 e. The lowest BCUT2D eigenvalue weighted by molar-refractivity contribution is -0.203. The normalized spacial score (nSPS) is 18.4. The van der Waals surface area contributed by atoms with Crippen molar-refractivity contribution in [1.29, 1.82) is 0 Å². The molecule has 0 unspecified atom stereocenters. The molecule has 0 radical (unpaired) electrons. The zero-order valence-electron chi connectivity index (χ0n) is 11.9. The number of hydrogen-bond donors (Lipinski definition) is 0. The Bertz CT molecular complexity index is 578. The van der Waals surface area contributed by atoms with Crippen molar-refractivity contribution >= 4 is 12.0 Å². The minimum Gasteiger partial charge on any atom is -0.452 e. The summed E-state index contributed by atoms with van der Waals surface area (Å²) < 4.78 is 10.7. The highest BCUT2D eigenvalue weighted by Gasteiger charge is 2.30. The molecule has 3 heteroatoms. The summed E-state index contributed by atoms with van der Waals surface area (Å²) in [7, 11) is 0. The van der Waals surface area contributed by atoms with Crippen molar-refractivity contribution in [2.45, 2.75) is 26.6 Å². The lowest BCUT2D eigenvalue weighted by atomic mass is 10.1. The van der Waals surface area contributed by atoms with Gasteiger partial charge in [0, 0.05) is 13.8 Å². The highest BCUT2D eigenvalue weighted by Crippen LogP contribution is 2.26. The van der Waals surface area contributed by atoms with Crippen LogP contribution in [0.3, 0.4) is 0 Å². The second kappa shape index (κ2) is 5.78. The molecular weight excluding hydrogens is 252 g/mol. The third kappa shape index (κ3) is 3.85. The Morgan fingerprint density at radius 3 is 2.50 bits per heavy atom. The Kier molecular flexibility index (Phi) is 4.08. The zero-order chi connectivity index (χ0) is 14.6. The largest absolute Gasteiger partial charge is 0.452 e. The van der Waals surface area contributed by atoms with Gasteiger partial charge < -0.3 is 9.47 Å². The fourth-order valence-corrected chi connectivity index (χ4v) is 1.84. The number of allylic oxidation sites excluding steroid dienone is 3. The van der Waals surface area contributed by atoms with E-state index in [1.807, 2.05) is 55.5 Å². The third-order valence-electron chi connectivity index (χ3n) is 2.77. The molecule has 0 amide bonds. The SMILES string of the molecule is C/C(=C\C=C\c1ccccc1)C1=CC(=O)OC(C)(C)O1. The van der Waals surface area contributed by atoms with Crippen LogP contribution < -0.4 is 0 Å². The van der Waals surface area contributed by atoms with Crippen molar-refractivity contribution in [2.24, 2.45) is 0 Å². The molecule has 0 saturated heterocycles. The van der Waals surface area contributed by atoms with Crippen LogP contribution in [0.5, 0.6) is 0 Å². The van der Waals surface area contributed by atoms with Crippen molar-refractivity contribution in [2.75, 3.05) is 0 Å². The molecule has 0 fully saturated rings. The topological polar surface area (TPSA) is 35.5 Å². The van der Waals surface area contributed by atoms with E-state index in [1.54, 1.807) is 13.8 Å². The summed E-state index contributed by atoms with van der Waals surface area (Å²) in [5, 5.41) is 0. The average molecular weight is 270 g/mol. The van der Waals surface area contributed by atoms with Gasteiger partial charge in [-0.1, -0.05) is 48.6 Å². The van der Waals surface area contributed by atoms with Gasteiger partial charge in [-0.05, 0) is 18.1 Å². The van der Waals surface area contributed by atoms with Crippen LogP contribution in [0.25, 0.3) is 6.08 Å². The molecule has 0 spiro atoms. The molecule has 104 valence electrons. The molecule has 0 aromatic heterocycles. The summed E-state index contributed by atoms with van der Waals surface area (Å²) in [5.41, 5.74) is 2.00. The molecule has 20 heavy (non-hydrogen) atoms. The quantitative estimate of drug-likeness (QED) is 0.618. The number of esters is 1. The van der Waals surface area contributed by atoms with E-state index in [0.29, 0.717) is 5.76 Å². The average Bonchev–Trinajstić information content (AvgIpc) is 2.37. The van der Waals surface area contributed by atoms with Crippen molar-refractivity contribution in [3.05, 3.63) is 65.5 Å². The van der Waals surface area contributed by atoms with Crippen molar-refractivity contribution in [3.63, 3.8) is 0 Å². The van der Waals surface area contributed by atoms with E-state index in [4.69, 9.17) is 9.47 Å². The number of hydrogen-bond acceptors (Lipinski definition) is 3.